The van der Waals surface area contributed by atoms with Crippen LogP contribution in [0, 0.1) is 0 Å². The minimum absolute atomic E-state index is 0.313. The van der Waals surface area contributed by atoms with Crippen molar-refractivity contribution in [3.63, 3.8) is 0 Å². The van der Waals surface area contributed by atoms with Crippen molar-refractivity contribution >= 4 is 46.8 Å². The Bertz CT molecular complexity index is 1690. The van der Waals surface area contributed by atoms with Crippen LogP contribution in [0.3, 0.4) is 0 Å². The van der Waals surface area contributed by atoms with E-state index < -0.39 is 128 Å². The van der Waals surface area contributed by atoms with Crippen molar-refractivity contribution in [3.05, 3.63) is 58.7 Å². The number of Topliss-reactive ketones (excluding diaryl/α,β-unsaturated/α-hetero) is 4. The van der Waals surface area contributed by atoms with Gasteiger partial charge in [-0.1, -0.05) is 24.3 Å². The van der Waals surface area contributed by atoms with Crippen LogP contribution in [0.2, 0.25) is 0 Å². The Balaban J connectivity index is 1.66. The van der Waals surface area contributed by atoms with E-state index in [0.29, 0.717) is 11.8 Å². The largest absolute Gasteiger partial charge is 0.507 e. The van der Waals surface area contributed by atoms with Gasteiger partial charge in [-0.25, -0.2) is 0 Å². The Morgan fingerprint density at radius 3 is 1.43 bits per heavy atom. The van der Waals surface area contributed by atoms with Crippen molar-refractivity contribution in [1.29, 1.82) is 0 Å². The normalized spacial score (nSPS) is 35.1. The molecule has 2 fully saturated rings. The Hall–Kier alpha value is -4.15. The number of methoxy groups -OCH3 is 2. The van der Waals surface area contributed by atoms with Gasteiger partial charge in [-0.3, -0.25) is 28.8 Å². The molecule has 8 atom stereocenters. The molecule has 2 aliphatic heterocycles. The minimum Gasteiger partial charge on any atom is -0.507 e. The molecule has 0 spiro atoms. The number of hydrogen-bond acceptors (Lipinski definition) is 15. The molecule has 2 aromatic carbocycles. The van der Waals surface area contributed by atoms with Crippen LogP contribution in [0.1, 0.15) is 81.0 Å². The number of ketones is 4. The summed E-state index contributed by atoms with van der Waals surface area (Å²) in [4.78, 5) is 83.9. The second-order valence-corrected chi connectivity index (χ2v) is 14.4. The van der Waals surface area contributed by atoms with E-state index >= 15 is 9.59 Å². The van der Waals surface area contributed by atoms with E-state index in [1.54, 1.807) is 0 Å². The molecule has 260 valence electrons. The molecule has 6 rings (SSSR count). The van der Waals surface area contributed by atoms with Gasteiger partial charge in [-0.2, -0.15) is 0 Å². The molecular formula is C34H34O14S. The maximum absolute atomic E-state index is 15.0. The molecule has 0 bridgehead atoms. The van der Waals surface area contributed by atoms with Gasteiger partial charge in [0, 0.05) is 11.1 Å². The molecule has 0 radical (unpaired) electrons. The van der Waals surface area contributed by atoms with Gasteiger partial charge in [-0.05, 0) is 38.8 Å². The number of aromatic hydroxyl groups is 2. The minimum atomic E-state index is -2.86. The smallest absolute Gasteiger partial charge is 0.308 e. The average molecular weight is 699 g/mol. The first-order chi connectivity index (χ1) is 23.0. The van der Waals surface area contributed by atoms with Crippen LogP contribution in [0.4, 0.5) is 0 Å². The Morgan fingerprint density at radius 2 is 1.08 bits per heavy atom. The van der Waals surface area contributed by atoms with Gasteiger partial charge in [0.25, 0.3) is 0 Å². The predicted octanol–water partition coefficient (Wildman–Crippen LogP) is 1.71. The molecule has 2 saturated heterocycles. The lowest BCUT2D eigenvalue weighted by atomic mass is 9.63. The molecule has 0 saturated carbocycles. The second kappa shape index (κ2) is 11.7. The van der Waals surface area contributed by atoms with Crippen LogP contribution in [0.15, 0.2) is 36.4 Å². The van der Waals surface area contributed by atoms with Gasteiger partial charge in [0.1, 0.15) is 21.0 Å². The highest BCUT2D eigenvalue weighted by Gasteiger charge is 2.78. The van der Waals surface area contributed by atoms with E-state index in [1.165, 1.54) is 38.1 Å². The highest BCUT2D eigenvalue weighted by atomic mass is 32.2. The third kappa shape index (κ3) is 4.55. The summed E-state index contributed by atoms with van der Waals surface area (Å²) in [5.41, 5.74) is -7.33. The SMILES string of the molecule is COC(=O)C[C@H]1C[C@@]2(S[C@@]34C[C@H](CC(=O)OC)O[C@@H](C)[C@@]3(O)C(=O)c3c(O)cccc3C4=O)C(=O)c3cccc(O)c3C(=O)[C@@]2(O)[C@H](C)O1. The number of carbonyl (C=O) groups is 6. The Morgan fingerprint density at radius 1 is 0.714 bits per heavy atom. The number of aliphatic hydroxyl groups is 2. The monoisotopic (exact) mass is 698 g/mol. The maximum Gasteiger partial charge on any atom is 0.308 e. The molecule has 49 heavy (non-hydrogen) atoms. The van der Waals surface area contributed by atoms with Gasteiger partial charge in [0.15, 0.2) is 22.8 Å². The van der Waals surface area contributed by atoms with Gasteiger partial charge in [-0.15, -0.1) is 11.8 Å². The zero-order chi connectivity index (χ0) is 35.8. The van der Waals surface area contributed by atoms with Gasteiger partial charge in [0.2, 0.25) is 11.6 Å². The number of benzene rings is 2. The zero-order valence-corrected chi connectivity index (χ0v) is 27.7. The van der Waals surface area contributed by atoms with Crippen LogP contribution in [0.25, 0.3) is 0 Å². The number of ether oxygens (including phenoxy) is 4. The molecule has 2 heterocycles. The number of fused-ring (bicyclic) bond motifs is 4. The first-order valence-corrected chi connectivity index (χ1v) is 16.3. The third-order valence-corrected chi connectivity index (χ3v) is 12.3. The predicted molar refractivity (Wildman–Crippen MR) is 168 cm³/mol. The summed E-state index contributed by atoms with van der Waals surface area (Å²) in [6.07, 6.45) is -7.60. The molecule has 2 aliphatic carbocycles. The number of thioether (sulfide) groups is 1. The number of carbonyl (C=O) groups excluding carboxylic acids is 6. The van der Waals surface area contributed by atoms with Gasteiger partial charge in [0.05, 0.1) is 62.6 Å². The fourth-order valence-electron chi connectivity index (χ4n) is 7.91. The van der Waals surface area contributed by atoms with Crippen LogP contribution >= 0.6 is 11.8 Å². The average Bonchev–Trinajstić information content (AvgIpc) is 3.06. The molecule has 2 aromatic rings. The lowest BCUT2D eigenvalue weighted by Gasteiger charge is -2.61. The van der Waals surface area contributed by atoms with E-state index in [4.69, 9.17) is 18.9 Å². The van der Waals surface area contributed by atoms with Crippen molar-refractivity contribution in [2.75, 3.05) is 14.2 Å². The molecule has 15 heteroatoms. The van der Waals surface area contributed by atoms with Gasteiger partial charge >= 0.3 is 11.9 Å². The van der Waals surface area contributed by atoms with Crippen molar-refractivity contribution < 1.29 is 68.1 Å². The number of phenolic OH excluding ortho intramolecular Hbond substituents is 2. The van der Waals surface area contributed by atoms with E-state index in [-0.39, 0.29) is 11.1 Å². The topological polar surface area (TPSA) is 220 Å². The highest BCUT2D eigenvalue weighted by molar-refractivity contribution is 8.03. The van der Waals surface area contributed by atoms with Crippen molar-refractivity contribution in [2.24, 2.45) is 0 Å². The summed E-state index contributed by atoms with van der Waals surface area (Å²) in [6, 6.07) is 7.44. The maximum atomic E-state index is 15.0. The van der Waals surface area contributed by atoms with E-state index in [0.717, 1.165) is 26.4 Å². The Kier molecular flexibility index (Phi) is 8.31. The van der Waals surface area contributed by atoms with Crippen molar-refractivity contribution in [3.8, 4) is 11.5 Å². The highest BCUT2D eigenvalue weighted by Crippen LogP contribution is 2.64. The summed E-state index contributed by atoms with van der Waals surface area (Å²) in [6.45, 7) is 2.57. The summed E-state index contributed by atoms with van der Waals surface area (Å²) < 4.78 is 16.6. The summed E-state index contributed by atoms with van der Waals surface area (Å²) in [5.74, 6) is -6.87. The number of hydrogen-bond donors (Lipinski definition) is 4. The van der Waals surface area contributed by atoms with Crippen molar-refractivity contribution in [2.45, 2.75) is 84.6 Å². The first kappa shape index (κ1) is 34.7. The molecule has 4 N–H and O–H groups in total. The van der Waals surface area contributed by atoms with Crippen LogP contribution in [0.5, 0.6) is 11.5 Å². The zero-order valence-electron chi connectivity index (χ0n) is 26.9. The summed E-state index contributed by atoms with van der Waals surface area (Å²) in [7, 11) is 2.26. The molecule has 0 amide bonds. The number of rotatable bonds is 6. The molecule has 0 aromatic heterocycles. The van der Waals surface area contributed by atoms with E-state index in [1.807, 2.05) is 0 Å². The Labute approximate surface area is 283 Å². The van der Waals surface area contributed by atoms with Crippen LogP contribution in [-0.2, 0) is 28.5 Å². The van der Waals surface area contributed by atoms with Gasteiger partial charge < -0.3 is 39.4 Å². The lowest BCUT2D eigenvalue weighted by Crippen LogP contribution is -2.79. The number of phenols is 2. The fraction of sp³-hybridized carbons (Fsp3) is 0.471. The summed E-state index contributed by atoms with van der Waals surface area (Å²) >= 11 is 0.381. The lowest BCUT2D eigenvalue weighted by molar-refractivity contribution is -0.173. The standard InChI is InChI=1S/C34H34O14S/c1-15-33(43)29(41)25-19(7-5-9-21(25)35)27(39)31(33,13-17(47-15)11-23(37)45-3)49-32-14-18(12-24(38)46-4)48-16(2)34(32,44)30(42)26-20(28(32)40)8-6-10-22(26)36/h5-10,15-18,35-36,43-44H,11-14H2,1-4H3/t15-,16-,17-,18-,31+,32+,33-,34+/m0/s1. The van der Waals surface area contributed by atoms with E-state index in [2.05, 4.69) is 0 Å². The second-order valence-electron chi connectivity index (χ2n) is 12.8. The summed E-state index contributed by atoms with van der Waals surface area (Å²) in [5, 5.41) is 46.8. The third-order valence-electron chi connectivity index (χ3n) is 10.3. The molecule has 4 aliphatic rings. The molecular weight excluding hydrogens is 664 g/mol. The molecule has 14 nitrogen and oxygen atoms in total. The number of esters is 2. The molecule has 0 unspecified atom stereocenters. The van der Waals surface area contributed by atoms with Crippen molar-refractivity contribution in [1.82, 2.24) is 0 Å². The van der Waals surface area contributed by atoms with E-state index in [9.17, 15) is 39.6 Å². The quantitative estimate of drug-likeness (QED) is 0.316. The first-order valence-electron chi connectivity index (χ1n) is 15.5. The van der Waals surface area contributed by atoms with Crippen LogP contribution in [-0.4, -0.2) is 115 Å². The van der Waals surface area contributed by atoms with Crippen LogP contribution < -0.4 is 0 Å². The fourth-order valence-corrected chi connectivity index (χ4v) is 10.3.